The van der Waals surface area contributed by atoms with Crippen LogP contribution in [0.5, 0.6) is 5.75 Å². The highest BCUT2D eigenvalue weighted by Gasteiger charge is 2.44. The number of hydrogen-bond donors (Lipinski definition) is 1. The Bertz CT molecular complexity index is 627. The highest BCUT2D eigenvalue weighted by atomic mass is 35.5. The molecule has 1 N–H and O–H groups in total. The van der Waals surface area contributed by atoms with E-state index in [1.165, 1.54) is 18.1 Å². The maximum absolute atomic E-state index is 12.7. The minimum atomic E-state index is -1.14. The number of nitrogens with zero attached hydrogens (tertiary/aromatic N) is 1. The minimum absolute atomic E-state index is 0.201. The molecule has 0 radical (unpaired) electrons. The van der Waals surface area contributed by atoms with Gasteiger partial charge in [-0.05, 0) is 32.0 Å². The number of ether oxygens (including phenoxy) is 1. The summed E-state index contributed by atoms with van der Waals surface area (Å²) in [5, 5.41) is 2.58. The lowest BCUT2D eigenvalue weighted by molar-refractivity contribution is -0.143. The third-order valence-corrected chi connectivity index (χ3v) is 3.66. The van der Waals surface area contributed by atoms with Gasteiger partial charge in [-0.15, -0.1) is 0 Å². The average Bonchev–Trinajstić information content (AvgIpc) is 2.42. The smallest absolute Gasteiger partial charge is 0.259 e. The summed E-state index contributed by atoms with van der Waals surface area (Å²) in [5.41, 5.74) is -0.932. The number of methoxy groups -OCH3 is 1. The van der Waals surface area contributed by atoms with Gasteiger partial charge in [0, 0.05) is 5.02 Å². The van der Waals surface area contributed by atoms with E-state index < -0.39 is 23.3 Å². The van der Waals surface area contributed by atoms with Gasteiger partial charge in [0.1, 0.15) is 17.8 Å². The van der Waals surface area contributed by atoms with Crippen LogP contribution in [0.2, 0.25) is 5.02 Å². The van der Waals surface area contributed by atoms with Gasteiger partial charge in [0.05, 0.1) is 12.7 Å². The Morgan fingerprint density at radius 2 is 2.05 bits per heavy atom. The number of imide groups is 1. The molecule has 1 heterocycles. The van der Waals surface area contributed by atoms with Crippen LogP contribution in [-0.2, 0) is 9.59 Å². The Balaban J connectivity index is 2.45. The van der Waals surface area contributed by atoms with Gasteiger partial charge in [0.15, 0.2) is 0 Å². The number of benzene rings is 1. The van der Waals surface area contributed by atoms with E-state index >= 15 is 0 Å². The predicted molar refractivity (Wildman–Crippen MR) is 76.3 cm³/mol. The molecular weight excluding hydrogens is 296 g/mol. The molecule has 0 aliphatic carbocycles. The molecule has 0 spiro atoms. The molecule has 1 aliphatic heterocycles. The van der Waals surface area contributed by atoms with Crippen molar-refractivity contribution >= 4 is 29.3 Å². The predicted octanol–water partition coefficient (Wildman–Crippen LogP) is 1.23. The fourth-order valence-corrected chi connectivity index (χ4v) is 2.27. The van der Waals surface area contributed by atoms with Crippen LogP contribution in [0, 0.1) is 0 Å². The quantitative estimate of drug-likeness (QED) is 0.834. The standard InChI is InChI=1S/C14H15ClN2O4/c1-14(2)13(20)16-11(18)7-17(14)12(19)9-6-8(15)4-5-10(9)21-3/h4-6H,7H2,1-3H3,(H,16,18,20). The molecule has 6 nitrogen and oxygen atoms in total. The first-order chi connectivity index (χ1) is 9.77. The molecule has 1 aromatic carbocycles. The van der Waals surface area contributed by atoms with E-state index in [9.17, 15) is 14.4 Å². The van der Waals surface area contributed by atoms with Crippen molar-refractivity contribution in [3.63, 3.8) is 0 Å². The van der Waals surface area contributed by atoms with E-state index in [2.05, 4.69) is 5.32 Å². The van der Waals surface area contributed by atoms with Gasteiger partial charge in [-0.2, -0.15) is 0 Å². The summed E-state index contributed by atoms with van der Waals surface area (Å²) in [5.74, 6) is -1.19. The summed E-state index contributed by atoms with van der Waals surface area (Å²) >= 11 is 5.91. The first-order valence-corrected chi connectivity index (χ1v) is 6.65. The maximum atomic E-state index is 12.7. The fourth-order valence-electron chi connectivity index (χ4n) is 2.10. The molecule has 112 valence electrons. The summed E-state index contributed by atoms with van der Waals surface area (Å²) in [6.45, 7) is 2.95. The number of carbonyl (C=O) groups is 3. The summed E-state index contributed by atoms with van der Waals surface area (Å²) in [6, 6.07) is 4.61. The Labute approximate surface area is 127 Å². The second-order valence-electron chi connectivity index (χ2n) is 5.17. The van der Waals surface area contributed by atoms with Crippen LogP contribution < -0.4 is 10.1 Å². The van der Waals surface area contributed by atoms with Crippen molar-refractivity contribution in [2.45, 2.75) is 19.4 Å². The van der Waals surface area contributed by atoms with Crippen LogP contribution >= 0.6 is 11.6 Å². The van der Waals surface area contributed by atoms with Crippen molar-refractivity contribution in [3.05, 3.63) is 28.8 Å². The topological polar surface area (TPSA) is 75.7 Å². The number of piperazine rings is 1. The Kier molecular flexibility index (Phi) is 3.91. The molecule has 1 saturated heterocycles. The second-order valence-corrected chi connectivity index (χ2v) is 5.61. The van der Waals surface area contributed by atoms with Crippen molar-refractivity contribution in [1.82, 2.24) is 10.2 Å². The molecule has 1 fully saturated rings. The normalized spacial score (nSPS) is 17.4. The summed E-state index contributed by atoms with van der Waals surface area (Å²) < 4.78 is 5.14. The first kappa shape index (κ1) is 15.3. The van der Waals surface area contributed by atoms with Crippen LogP contribution in [0.3, 0.4) is 0 Å². The molecule has 0 bridgehead atoms. The molecule has 1 aromatic rings. The third kappa shape index (κ3) is 2.71. The average molecular weight is 311 g/mol. The van der Waals surface area contributed by atoms with E-state index in [1.807, 2.05) is 0 Å². The van der Waals surface area contributed by atoms with E-state index in [0.29, 0.717) is 10.8 Å². The first-order valence-electron chi connectivity index (χ1n) is 6.27. The Morgan fingerprint density at radius 3 is 2.67 bits per heavy atom. The highest BCUT2D eigenvalue weighted by Crippen LogP contribution is 2.28. The fraction of sp³-hybridized carbons (Fsp3) is 0.357. The number of amides is 3. The molecule has 0 aromatic heterocycles. The SMILES string of the molecule is COc1ccc(Cl)cc1C(=O)N1CC(=O)NC(=O)C1(C)C. The van der Waals surface area contributed by atoms with Crippen LogP contribution in [0.4, 0.5) is 0 Å². The lowest BCUT2D eigenvalue weighted by Crippen LogP contribution is -2.65. The van der Waals surface area contributed by atoms with E-state index in [0.717, 1.165) is 0 Å². The number of hydrogen-bond acceptors (Lipinski definition) is 4. The Hall–Kier alpha value is -2.08. The molecule has 21 heavy (non-hydrogen) atoms. The van der Waals surface area contributed by atoms with Crippen LogP contribution in [-0.4, -0.2) is 41.8 Å². The van der Waals surface area contributed by atoms with E-state index in [1.54, 1.807) is 26.0 Å². The van der Waals surface area contributed by atoms with Crippen molar-refractivity contribution in [2.75, 3.05) is 13.7 Å². The van der Waals surface area contributed by atoms with Gasteiger partial charge in [-0.1, -0.05) is 11.6 Å². The zero-order valence-corrected chi connectivity index (χ0v) is 12.7. The van der Waals surface area contributed by atoms with E-state index in [4.69, 9.17) is 16.3 Å². The number of halogens is 1. The van der Waals surface area contributed by atoms with Gasteiger partial charge in [0.2, 0.25) is 5.91 Å². The molecule has 0 unspecified atom stereocenters. The third-order valence-electron chi connectivity index (χ3n) is 3.42. The number of nitrogens with one attached hydrogen (secondary N) is 1. The molecule has 7 heteroatoms. The number of rotatable bonds is 2. The van der Waals surface area contributed by atoms with Gasteiger partial charge in [0.25, 0.3) is 11.8 Å². The lowest BCUT2D eigenvalue weighted by atomic mass is 9.97. The van der Waals surface area contributed by atoms with Crippen LogP contribution in [0.1, 0.15) is 24.2 Å². The lowest BCUT2D eigenvalue weighted by Gasteiger charge is -2.40. The van der Waals surface area contributed by atoms with Gasteiger partial charge in [-0.3, -0.25) is 19.7 Å². The monoisotopic (exact) mass is 310 g/mol. The zero-order chi connectivity index (χ0) is 15.8. The van der Waals surface area contributed by atoms with Gasteiger partial charge < -0.3 is 9.64 Å². The number of carbonyl (C=O) groups excluding carboxylic acids is 3. The summed E-state index contributed by atoms with van der Waals surface area (Å²) in [7, 11) is 1.43. The van der Waals surface area contributed by atoms with Gasteiger partial charge in [-0.25, -0.2) is 0 Å². The minimum Gasteiger partial charge on any atom is -0.496 e. The molecular formula is C14H15ClN2O4. The van der Waals surface area contributed by atoms with Crippen LogP contribution in [0.15, 0.2) is 18.2 Å². The molecule has 3 amide bonds. The summed E-state index contributed by atoms with van der Waals surface area (Å²) in [6.07, 6.45) is 0. The van der Waals surface area contributed by atoms with Crippen molar-refractivity contribution < 1.29 is 19.1 Å². The molecule has 0 atom stereocenters. The summed E-state index contributed by atoms with van der Waals surface area (Å²) in [4.78, 5) is 37.4. The van der Waals surface area contributed by atoms with Crippen molar-refractivity contribution in [1.29, 1.82) is 0 Å². The molecule has 2 rings (SSSR count). The van der Waals surface area contributed by atoms with Crippen molar-refractivity contribution in [3.8, 4) is 5.75 Å². The second kappa shape index (κ2) is 5.37. The van der Waals surface area contributed by atoms with Crippen molar-refractivity contribution in [2.24, 2.45) is 0 Å². The Morgan fingerprint density at radius 1 is 1.38 bits per heavy atom. The molecule has 0 saturated carbocycles. The molecule has 1 aliphatic rings. The van der Waals surface area contributed by atoms with Gasteiger partial charge >= 0.3 is 0 Å². The zero-order valence-electron chi connectivity index (χ0n) is 11.9. The highest BCUT2D eigenvalue weighted by molar-refractivity contribution is 6.31. The maximum Gasteiger partial charge on any atom is 0.259 e. The van der Waals surface area contributed by atoms with E-state index in [-0.39, 0.29) is 12.1 Å². The van der Waals surface area contributed by atoms with Crippen LogP contribution in [0.25, 0.3) is 0 Å². The largest absolute Gasteiger partial charge is 0.496 e.